The molecule has 1 aromatic heterocycles. The van der Waals surface area contributed by atoms with Gasteiger partial charge in [-0.05, 0) is 45.3 Å². The Balaban J connectivity index is 1.96. The van der Waals surface area contributed by atoms with Crippen molar-refractivity contribution in [1.29, 1.82) is 0 Å². The fraction of sp³-hybridized carbons (Fsp3) is 0.0357. The van der Waals surface area contributed by atoms with Crippen LogP contribution in [0.5, 0.6) is 0 Å². The van der Waals surface area contributed by atoms with E-state index in [1.165, 1.54) is 54.5 Å². The number of fused-ring (bicyclic) bond motifs is 4. The quantitative estimate of drug-likeness (QED) is 0.222. The lowest BCUT2D eigenvalue weighted by Crippen LogP contribution is -2.30. The van der Waals surface area contributed by atoms with E-state index in [-0.39, 0.29) is 0 Å². The maximum absolute atomic E-state index is 2.31. The van der Waals surface area contributed by atoms with E-state index < -0.39 is 0 Å². The molecule has 0 aliphatic carbocycles. The van der Waals surface area contributed by atoms with Crippen LogP contribution < -0.4 is 4.57 Å². The Morgan fingerprint density at radius 1 is 0.448 bits per heavy atom. The predicted molar refractivity (Wildman–Crippen MR) is 123 cm³/mol. The predicted octanol–water partition coefficient (Wildman–Crippen LogP) is 6.79. The lowest BCUT2D eigenvalue weighted by Gasteiger charge is -2.16. The minimum absolute atomic E-state index is 1.25. The standard InChI is InChI=1S/C28H20N/c1-29-25-16-8-6-14-23(25)28(24-15-7-9-17-26(24)29)27-21-12-4-2-10-19(21)18-20-11-3-5-13-22(20)27/h2-18H,1H3/q+1. The second-order valence-electron chi connectivity index (χ2n) is 7.66. The molecule has 0 saturated carbocycles. The zero-order valence-electron chi connectivity index (χ0n) is 16.3. The Labute approximate surface area is 169 Å². The van der Waals surface area contributed by atoms with Gasteiger partial charge in [0, 0.05) is 17.7 Å². The Kier molecular flexibility index (Phi) is 3.45. The first-order chi connectivity index (χ1) is 14.3. The summed E-state index contributed by atoms with van der Waals surface area (Å²) in [5.74, 6) is 0. The van der Waals surface area contributed by atoms with Crippen LogP contribution in [0.4, 0.5) is 0 Å². The highest BCUT2D eigenvalue weighted by Crippen LogP contribution is 2.42. The highest BCUT2D eigenvalue weighted by atomic mass is 14.9. The van der Waals surface area contributed by atoms with Gasteiger partial charge in [0.25, 0.3) is 0 Å². The first-order valence-corrected chi connectivity index (χ1v) is 10.0. The second-order valence-corrected chi connectivity index (χ2v) is 7.66. The topological polar surface area (TPSA) is 3.88 Å². The number of hydrogen-bond acceptors (Lipinski definition) is 0. The van der Waals surface area contributed by atoms with Crippen molar-refractivity contribution in [2.45, 2.75) is 0 Å². The molecule has 6 rings (SSSR count). The van der Waals surface area contributed by atoms with Crippen LogP contribution in [0.1, 0.15) is 0 Å². The van der Waals surface area contributed by atoms with Gasteiger partial charge in [0.05, 0.1) is 10.8 Å². The fourth-order valence-corrected chi connectivity index (χ4v) is 4.78. The molecule has 0 aliphatic rings. The van der Waals surface area contributed by atoms with Crippen molar-refractivity contribution in [1.82, 2.24) is 0 Å². The van der Waals surface area contributed by atoms with Gasteiger partial charge in [-0.2, -0.15) is 4.57 Å². The monoisotopic (exact) mass is 370 g/mol. The molecule has 0 radical (unpaired) electrons. The van der Waals surface area contributed by atoms with Gasteiger partial charge in [0.2, 0.25) is 11.0 Å². The third kappa shape index (κ3) is 2.31. The molecule has 0 atom stereocenters. The number of aryl methyl sites for hydroxylation is 1. The Hall–Kier alpha value is -3.71. The average molecular weight is 370 g/mol. The van der Waals surface area contributed by atoms with Gasteiger partial charge in [-0.25, -0.2) is 0 Å². The van der Waals surface area contributed by atoms with Crippen molar-refractivity contribution in [2.24, 2.45) is 7.05 Å². The van der Waals surface area contributed by atoms with Gasteiger partial charge in [-0.3, -0.25) is 0 Å². The summed E-state index contributed by atoms with van der Waals surface area (Å²) in [4.78, 5) is 0. The van der Waals surface area contributed by atoms with E-state index in [0.717, 1.165) is 0 Å². The van der Waals surface area contributed by atoms with E-state index >= 15 is 0 Å². The Morgan fingerprint density at radius 2 is 0.828 bits per heavy atom. The molecule has 1 heteroatoms. The van der Waals surface area contributed by atoms with Crippen LogP contribution in [0.25, 0.3) is 54.5 Å². The number of pyridine rings is 1. The number of aromatic nitrogens is 1. The Morgan fingerprint density at radius 3 is 1.34 bits per heavy atom. The normalized spacial score (nSPS) is 11.6. The van der Waals surface area contributed by atoms with E-state index in [1.807, 2.05) is 0 Å². The van der Waals surface area contributed by atoms with Crippen LogP contribution in [0.15, 0.2) is 103 Å². The van der Waals surface area contributed by atoms with Crippen LogP contribution in [-0.2, 0) is 7.05 Å². The number of nitrogens with zero attached hydrogens (tertiary/aromatic N) is 1. The molecule has 0 N–H and O–H groups in total. The van der Waals surface area contributed by atoms with Crippen molar-refractivity contribution in [3.63, 3.8) is 0 Å². The van der Waals surface area contributed by atoms with Crippen LogP contribution in [-0.4, -0.2) is 0 Å². The van der Waals surface area contributed by atoms with Crippen molar-refractivity contribution in [2.75, 3.05) is 0 Å². The van der Waals surface area contributed by atoms with Gasteiger partial charge >= 0.3 is 0 Å². The number of para-hydroxylation sites is 2. The molecule has 0 bridgehead atoms. The average Bonchev–Trinajstić information content (AvgIpc) is 2.79. The molecule has 136 valence electrons. The van der Waals surface area contributed by atoms with Crippen LogP contribution >= 0.6 is 0 Å². The minimum Gasteiger partial charge on any atom is -0.194 e. The van der Waals surface area contributed by atoms with E-state index in [0.29, 0.717) is 0 Å². The molecule has 5 aromatic carbocycles. The van der Waals surface area contributed by atoms with Gasteiger partial charge in [-0.1, -0.05) is 72.8 Å². The van der Waals surface area contributed by atoms with Crippen molar-refractivity contribution in [3.8, 4) is 11.1 Å². The molecule has 0 unspecified atom stereocenters. The van der Waals surface area contributed by atoms with Crippen molar-refractivity contribution in [3.05, 3.63) is 103 Å². The molecular formula is C28H20N+. The summed E-state index contributed by atoms with van der Waals surface area (Å²) in [6.07, 6.45) is 0. The third-order valence-electron chi connectivity index (χ3n) is 6.09. The largest absolute Gasteiger partial charge is 0.213 e. The van der Waals surface area contributed by atoms with Crippen LogP contribution in [0.2, 0.25) is 0 Å². The molecule has 1 nitrogen and oxygen atoms in total. The summed E-state index contributed by atoms with van der Waals surface area (Å²) >= 11 is 0. The van der Waals surface area contributed by atoms with Crippen molar-refractivity contribution < 1.29 is 4.57 Å². The molecule has 0 fully saturated rings. The molecule has 0 aliphatic heterocycles. The summed E-state index contributed by atoms with van der Waals surface area (Å²) in [5, 5.41) is 7.74. The van der Waals surface area contributed by atoms with E-state index in [4.69, 9.17) is 0 Å². The maximum atomic E-state index is 2.31. The van der Waals surface area contributed by atoms with Gasteiger partial charge < -0.3 is 0 Å². The molecule has 1 heterocycles. The third-order valence-corrected chi connectivity index (χ3v) is 6.09. The zero-order valence-corrected chi connectivity index (χ0v) is 16.3. The summed E-state index contributed by atoms with van der Waals surface area (Å²) in [7, 11) is 2.16. The second kappa shape index (κ2) is 6.15. The zero-order chi connectivity index (χ0) is 19.4. The fourth-order valence-electron chi connectivity index (χ4n) is 4.78. The van der Waals surface area contributed by atoms with Gasteiger partial charge in [0.1, 0.15) is 7.05 Å². The summed E-state index contributed by atoms with van der Waals surface area (Å²) in [6.45, 7) is 0. The maximum Gasteiger partial charge on any atom is 0.213 e. The van der Waals surface area contributed by atoms with Gasteiger partial charge in [-0.15, -0.1) is 0 Å². The molecule has 0 amide bonds. The summed E-state index contributed by atoms with van der Waals surface area (Å²) < 4.78 is 2.31. The first kappa shape index (κ1) is 16.3. The SMILES string of the molecule is C[n+]1c2ccccc2c(-c2c3ccccc3cc3ccccc23)c2ccccc21. The van der Waals surface area contributed by atoms with Crippen LogP contribution in [0.3, 0.4) is 0 Å². The summed E-state index contributed by atoms with van der Waals surface area (Å²) in [5.41, 5.74) is 5.14. The molecular weight excluding hydrogens is 350 g/mol. The summed E-state index contributed by atoms with van der Waals surface area (Å²) in [6, 6.07) is 37.3. The lowest BCUT2D eigenvalue weighted by molar-refractivity contribution is -0.617. The smallest absolute Gasteiger partial charge is 0.194 e. The van der Waals surface area contributed by atoms with Gasteiger partial charge in [0.15, 0.2) is 0 Å². The molecule has 29 heavy (non-hydrogen) atoms. The number of hydrogen-bond donors (Lipinski definition) is 0. The number of rotatable bonds is 1. The van der Waals surface area contributed by atoms with E-state index in [9.17, 15) is 0 Å². The Bertz CT molecular complexity index is 1450. The molecule has 0 spiro atoms. The molecule has 0 saturated heterocycles. The number of benzene rings is 5. The molecule has 6 aromatic rings. The highest BCUT2D eigenvalue weighted by Gasteiger charge is 2.21. The first-order valence-electron chi connectivity index (χ1n) is 10.0. The minimum atomic E-state index is 1.25. The highest BCUT2D eigenvalue weighted by molar-refractivity contribution is 6.21. The van der Waals surface area contributed by atoms with E-state index in [1.54, 1.807) is 0 Å². The van der Waals surface area contributed by atoms with Crippen molar-refractivity contribution >= 4 is 43.4 Å². The lowest BCUT2D eigenvalue weighted by atomic mass is 9.88. The van der Waals surface area contributed by atoms with Crippen LogP contribution in [0, 0.1) is 0 Å². The van der Waals surface area contributed by atoms with E-state index in [2.05, 4.69) is 115 Å².